The molecule has 5 heteroatoms. The summed E-state index contributed by atoms with van der Waals surface area (Å²) in [6.07, 6.45) is 0. The lowest BCUT2D eigenvalue weighted by molar-refractivity contribution is 0.695. The molecule has 0 aliphatic carbocycles. The van der Waals surface area contributed by atoms with E-state index in [4.69, 9.17) is 0 Å². The van der Waals surface area contributed by atoms with Gasteiger partial charge in [-0.3, -0.25) is 4.70 Å². The maximum Gasteiger partial charge on any atom is 0.147 e. The first-order valence-electron chi connectivity index (χ1n) is 1.99. The van der Waals surface area contributed by atoms with E-state index in [9.17, 15) is 0 Å². The van der Waals surface area contributed by atoms with Crippen LogP contribution < -0.4 is 0 Å². The maximum absolute atomic E-state index is 3.62. The van der Waals surface area contributed by atoms with Gasteiger partial charge in [-0.15, -0.1) is 5.10 Å². The van der Waals surface area contributed by atoms with Crippen molar-refractivity contribution >= 4 is 0 Å². The van der Waals surface area contributed by atoms with E-state index in [2.05, 4.69) is 15.5 Å². The van der Waals surface area contributed by atoms with Crippen LogP contribution in [0.3, 0.4) is 0 Å². The minimum Gasteiger partial charge on any atom is -0.269 e. The van der Waals surface area contributed by atoms with Crippen molar-refractivity contribution in [2.75, 3.05) is 0 Å². The topological polar surface area (TPSA) is 43.6 Å². The third-order valence-corrected chi connectivity index (χ3v) is 0.832. The molecule has 0 aliphatic heterocycles. The van der Waals surface area contributed by atoms with E-state index in [-0.39, 0.29) is 4.70 Å². The van der Waals surface area contributed by atoms with E-state index in [1.54, 1.807) is 11.7 Å². The van der Waals surface area contributed by atoms with Gasteiger partial charge in [-0.05, 0) is 17.4 Å². The van der Waals surface area contributed by atoms with Crippen LogP contribution in [-0.2, 0) is 7.05 Å². The Labute approximate surface area is 45.9 Å². The zero-order valence-corrected chi connectivity index (χ0v) is 4.70. The van der Waals surface area contributed by atoms with Crippen LogP contribution in [0.2, 0.25) is 0 Å². The highest BCUT2D eigenvalue weighted by molar-refractivity contribution is 4.69. The number of hydrogen-bond donors (Lipinski definition) is 0. The summed E-state index contributed by atoms with van der Waals surface area (Å²) in [4.78, 5) is 0. The summed E-state index contributed by atoms with van der Waals surface area (Å²) in [6.45, 7) is 1.85. The lowest BCUT2D eigenvalue weighted by Gasteiger charge is -1.81. The van der Waals surface area contributed by atoms with E-state index in [0.29, 0.717) is 0 Å². The Morgan fingerprint density at radius 3 is 2.25 bits per heavy atom. The molecule has 0 amide bonds. The lowest BCUT2D eigenvalue weighted by Crippen LogP contribution is -1.92. The molecule has 0 N–H and O–H groups in total. The van der Waals surface area contributed by atoms with Crippen molar-refractivity contribution in [2.24, 2.45) is 7.05 Å². The lowest BCUT2D eigenvalue weighted by atomic mass is 10.7. The van der Waals surface area contributed by atoms with E-state index in [1.165, 1.54) is 0 Å². The zero-order valence-electron chi connectivity index (χ0n) is 4.70. The molecule has 0 radical (unpaired) electrons. The van der Waals surface area contributed by atoms with Crippen LogP contribution in [0.5, 0.6) is 0 Å². The smallest absolute Gasteiger partial charge is 0.147 e. The van der Waals surface area contributed by atoms with Crippen molar-refractivity contribution in [1.29, 1.82) is 0 Å². The van der Waals surface area contributed by atoms with Crippen molar-refractivity contribution in [3.63, 3.8) is 0 Å². The molecule has 1 aromatic rings. The third kappa shape index (κ3) is 0.988. The molecule has 0 bridgehead atoms. The first-order chi connectivity index (χ1) is 3.30. The molecular formula is C3H7FN4. The summed E-state index contributed by atoms with van der Waals surface area (Å²) in [6, 6.07) is 0. The van der Waals surface area contributed by atoms with Crippen molar-refractivity contribution in [2.45, 2.75) is 6.92 Å². The molecule has 0 fully saturated rings. The highest BCUT2D eigenvalue weighted by Gasteiger charge is 1.87. The van der Waals surface area contributed by atoms with Crippen molar-refractivity contribution in [3.8, 4) is 0 Å². The van der Waals surface area contributed by atoms with Gasteiger partial charge in [0.05, 0.1) is 0 Å². The quantitative estimate of drug-likeness (QED) is 0.468. The van der Waals surface area contributed by atoms with E-state index >= 15 is 0 Å². The minimum absolute atomic E-state index is 0. The Balaban J connectivity index is 0.000000490. The normalized spacial score (nSPS) is 8.25. The Morgan fingerprint density at radius 2 is 2.12 bits per heavy atom. The molecule has 4 nitrogen and oxygen atoms in total. The molecule has 1 aromatic heterocycles. The first-order valence-corrected chi connectivity index (χ1v) is 1.99. The Morgan fingerprint density at radius 1 is 1.50 bits per heavy atom. The number of hydrogen-bond acceptors (Lipinski definition) is 3. The number of aromatic nitrogens is 4. The predicted molar refractivity (Wildman–Crippen MR) is 26.0 cm³/mol. The third-order valence-electron chi connectivity index (χ3n) is 0.832. The van der Waals surface area contributed by atoms with E-state index in [1.807, 2.05) is 6.92 Å². The van der Waals surface area contributed by atoms with Gasteiger partial charge in [0.15, 0.2) is 0 Å². The van der Waals surface area contributed by atoms with Gasteiger partial charge in [0.1, 0.15) is 5.82 Å². The summed E-state index contributed by atoms with van der Waals surface area (Å²) < 4.78 is 1.61. The monoisotopic (exact) mass is 118 g/mol. The summed E-state index contributed by atoms with van der Waals surface area (Å²) in [5.41, 5.74) is 0. The fraction of sp³-hybridized carbons (Fsp3) is 0.667. The minimum atomic E-state index is 0. The van der Waals surface area contributed by atoms with E-state index < -0.39 is 0 Å². The molecule has 0 saturated heterocycles. The highest BCUT2D eigenvalue weighted by Crippen LogP contribution is 1.78. The number of nitrogens with zero attached hydrogens (tertiary/aromatic N) is 4. The van der Waals surface area contributed by atoms with Gasteiger partial charge in [0.2, 0.25) is 0 Å². The average Bonchev–Trinajstić information content (AvgIpc) is 1.91. The van der Waals surface area contributed by atoms with Gasteiger partial charge >= 0.3 is 0 Å². The largest absolute Gasteiger partial charge is 0.269 e. The molecule has 1 heterocycles. The fourth-order valence-corrected chi connectivity index (χ4v) is 0.274. The number of aryl methyl sites for hydroxylation is 2. The molecule has 46 valence electrons. The molecule has 0 spiro atoms. The Kier molecular flexibility index (Phi) is 2.05. The fourth-order valence-electron chi connectivity index (χ4n) is 0.274. The average molecular weight is 118 g/mol. The van der Waals surface area contributed by atoms with Crippen LogP contribution in [-0.4, -0.2) is 20.2 Å². The van der Waals surface area contributed by atoms with Crippen molar-refractivity contribution < 1.29 is 4.70 Å². The molecule has 0 aliphatic rings. The van der Waals surface area contributed by atoms with Gasteiger partial charge in [0, 0.05) is 7.05 Å². The second-order valence-electron chi connectivity index (χ2n) is 1.35. The van der Waals surface area contributed by atoms with Crippen molar-refractivity contribution in [1.82, 2.24) is 20.2 Å². The van der Waals surface area contributed by atoms with Gasteiger partial charge in [-0.25, -0.2) is 4.68 Å². The molecule has 0 atom stereocenters. The van der Waals surface area contributed by atoms with Crippen LogP contribution >= 0.6 is 0 Å². The van der Waals surface area contributed by atoms with Gasteiger partial charge in [0.25, 0.3) is 0 Å². The first kappa shape index (κ1) is 7.00. The van der Waals surface area contributed by atoms with Crippen LogP contribution in [0.4, 0.5) is 4.70 Å². The van der Waals surface area contributed by atoms with Gasteiger partial charge < -0.3 is 0 Å². The Hall–Kier alpha value is -1.00. The van der Waals surface area contributed by atoms with Crippen LogP contribution in [0, 0.1) is 6.92 Å². The van der Waals surface area contributed by atoms with Crippen molar-refractivity contribution in [3.05, 3.63) is 5.82 Å². The number of rotatable bonds is 0. The summed E-state index contributed by atoms with van der Waals surface area (Å²) in [5, 5.41) is 10.6. The van der Waals surface area contributed by atoms with E-state index in [0.717, 1.165) is 5.82 Å². The maximum atomic E-state index is 3.62. The Bertz CT molecular complexity index is 144. The second-order valence-corrected chi connectivity index (χ2v) is 1.35. The highest BCUT2D eigenvalue weighted by atomic mass is 19.0. The predicted octanol–water partition coefficient (Wildman–Crippen LogP) is -0.329. The summed E-state index contributed by atoms with van der Waals surface area (Å²) >= 11 is 0. The molecule has 8 heavy (non-hydrogen) atoms. The second kappa shape index (κ2) is 2.34. The van der Waals surface area contributed by atoms with Crippen LogP contribution in [0.25, 0.3) is 0 Å². The molecule has 0 saturated carbocycles. The molecule has 1 rings (SSSR count). The molecule has 0 unspecified atom stereocenters. The standard InChI is InChI=1S/C3H6N4.FH/c1-3-4-5-6-7(3)2;/h1-2H3;1H. The zero-order chi connectivity index (χ0) is 5.28. The van der Waals surface area contributed by atoms with Crippen LogP contribution in [0.15, 0.2) is 0 Å². The molecule has 0 aromatic carbocycles. The number of halogens is 1. The summed E-state index contributed by atoms with van der Waals surface area (Å²) in [7, 11) is 1.80. The summed E-state index contributed by atoms with van der Waals surface area (Å²) in [5.74, 6) is 0.833. The van der Waals surface area contributed by atoms with Gasteiger partial charge in [-0.1, -0.05) is 0 Å². The van der Waals surface area contributed by atoms with Crippen LogP contribution in [0.1, 0.15) is 5.82 Å². The molecular weight excluding hydrogens is 111 g/mol. The SMILES string of the molecule is Cc1nnnn1C.F. The number of tetrazole rings is 1. The van der Waals surface area contributed by atoms with Gasteiger partial charge in [-0.2, -0.15) is 0 Å².